The molecular formula is C21H20FN3O5. The van der Waals surface area contributed by atoms with Crippen LogP contribution in [0.2, 0.25) is 0 Å². The Morgan fingerprint density at radius 1 is 1.20 bits per heavy atom. The monoisotopic (exact) mass is 413 g/mol. The van der Waals surface area contributed by atoms with E-state index in [0.29, 0.717) is 17.0 Å². The maximum atomic E-state index is 13.0. The highest BCUT2D eigenvalue weighted by atomic mass is 19.1. The van der Waals surface area contributed by atoms with Crippen molar-refractivity contribution >= 4 is 29.6 Å². The molecular weight excluding hydrogens is 393 g/mol. The summed E-state index contributed by atoms with van der Waals surface area (Å²) in [5, 5.41) is 5.10. The summed E-state index contributed by atoms with van der Waals surface area (Å²) in [4.78, 5) is 37.4. The van der Waals surface area contributed by atoms with Gasteiger partial charge in [-0.15, -0.1) is 0 Å². The van der Waals surface area contributed by atoms with Gasteiger partial charge in [-0.25, -0.2) is 9.18 Å². The number of nitrogens with zero attached hydrogens (tertiary/aromatic N) is 1. The molecule has 9 heteroatoms. The van der Waals surface area contributed by atoms with E-state index >= 15 is 0 Å². The fourth-order valence-corrected chi connectivity index (χ4v) is 2.84. The Kier molecular flexibility index (Phi) is 6.31. The quantitative estimate of drug-likeness (QED) is 0.537. The number of amides is 4. The van der Waals surface area contributed by atoms with Crippen molar-refractivity contribution in [1.29, 1.82) is 0 Å². The molecule has 1 fully saturated rings. The second-order valence-corrected chi connectivity index (χ2v) is 6.26. The Morgan fingerprint density at radius 2 is 1.93 bits per heavy atom. The van der Waals surface area contributed by atoms with Crippen molar-refractivity contribution in [2.75, 3.05) is 25.6 Å². The zero-order valence-electron chi connectivity index (χ0n) is 16.4. The summed E-state index contributed by atoms with van der Waals surface area (Å²) in [5.74, 6) is -0.744. The molecule has 8 nitrogen and oxygen atoms in total. The number of carbonyl (C=O) groups excluding carboxylic acids is 3. The molecule has 1 saturated heterocycles. The summed E-state index contributed by atoms with van der Waals surface area (Å²) in [6.45, 7) is 1.59. The Balaban J connectivity index is 1.78. The molecule has 0 unspecified atom stereocenters. The molecule has 0 atom stereocenters. The molecule has 30 heavy (non-hydrogen) atoms. The maximum Gasteiger partial charge on any atom is 0.328 e. The van der Waals surface area contributed by atoms with Crippen molar-refractivity contribution in [2.45, 2.75) is 6.92 Å². The minimum Gasteiger partial charge on any atom is -0.493 e. The third-order valence-corrected chi connectivity index (χ3v) is 4.28. The van der Waals surface area contributed by atoms with Gasteiger partial charge in [0.2, 0.25) is 0 Å². The average molecular weight is 413 g/mol. The van der Waals surface area contributed by atoms with Crippen molar-refractivity contribution < 1.29 is 28.2 Å². The van der Waals surface area contributed by atoms with Crippen molar-refractivity contribution in [3.63, 3.8) is 0 Å². The summed E-state index contributed by atoms with van der Waals surface area (Å²) >= 11 is 0. The molecule has 3 rings (SSSR count). The number of likely N-dealkylation sites (N-methyl/N-ethyl adjacent to an activating group) is 1. The summed E-state index contributed by atoms with van der Waals surface area (Å²) in [5.41, 5.74) is 0.965. The van der Waals surface area contributed by atoms with E-state index in [-0.39, 0.29) is 24.6 Å². The normalized spacial score (nSPS) is 14.6. The van der Waals surface area contributed by atoms with Crippen LogP contribution < -0.4 is 20.1 Å². The van der Waals surface area contributed by atoms with Crippen LogP contribution in [-0.4, -0.2) is 43.0 Å². The first kappa shape index (κ1) is 20.8. The van der Waals surface area contributed by atoms with Crippen LogP contribution in [0.5, 0.6) is 11.5 Å². The van der Waals surface area contributed by atoms with Gasteiger partial charge in [0.25, 0.3) is 11.8 Å². The number of imide groups is 1. The molecule has 1 aliphatic rings. The molecule has 0 radical (unpaired) electrons. The lowest BCUT2D eigenvalue weighted by Gasteiger charge is -2.14. The third-order valence-electron chi connectivity index (χ3n) is 4.28. The summed E-state index contributed by atoms with van der Waals surface area (Å²) < 4.78 is 23.9. The lowest BCUT2D eigenvalue weighted by atomic mass is 10.1. The van der Waals surface area contributed by atoms with Gasteiger partial charge in [0, 0.05) is 17.8 Å². The predicted molar refractivity (Wildman–Crippen MR) is 107 cm³/mol. The first-order valence-corrected chi connectivity index (χ1v) is 9.12. The highest BCUT2D eigenvalue weighted by Gasteiger charge is 2.32. The molecule has 2 N–H and O–H groups in total. The van der Waals surface area contributed by atoms with Gasteiger partial charge in [0.1, 0.15) is 11.5 Å². The fourth-order valence-electron chi connectivity index (χ4n) is 2.84. The first-order chi connectivity index (χ1) is 14.4. The third kappa shape index (κ3) is 4.57. The van der Waals surface area contributed by atoms with Crippen LogP contribution in [0.4, 0.5) is 14.9 Å². The van der Waals surface area contributed by atoms with Crippen LogP contribution in [-0.2, 0) is 9.59 Å². The summed E-state index contributed by atoms with van der Waals surface area (Å²) in [6, 6.07) is 9.81. The van der Waals surface area contributed by atoms with E-state index in [1.54, 1.807) is 25.1 Å². The van der Waals surface area contributed by atoms with E-state index in [9.17, 15) is 18.8 Å². The van der Waals surface area contributed by atoms with Crippen molar-refractivity contribution in [2.24, 2.45) is 0 Å². The molecule has 0 bridgehead atoms. The van der Waals surface area contributed by atoms with Gasteiger partial charge in [-0.1, -0.05) is 12.1 Å². The number of urea groups is 1. The number of halogens is 1. The Morgan fingerprint density at radius 3 is 2.57 bits per heavy atom. The van der Waals surface area contributed by atoms with Crippen LogP contribution in [0.3, 0.4) is 0 Å². The number of anilines is 1. The van der Waals surface area contributed by atoms with Gasteiger partial charge in [-0.05, 0) is 43.3 Å². The second-order valence-electron chi connectivity index (χ2n) is 6.26. The van der Waals surface area contributed by atoms with Crippen molar-refractivity contribution in [1.82, 2.24) is 10.2 Å². The number of methoxy groups -OCH3 is 1. The van der Waals surface area contributed by atoms with E-state index in [2.05, 4.69) is 10.6 Å². The number of hydrogen-bond donors (Lipinski definition) is 2. The molecule has 1 heterocycles. The number of benzene rings is 2. The van der Waals surface area contributed by atoms with Gasteiger partial charge in [0.05, 0.1) is 7.11 Å². The fraction of sp³-hybridized carbons (Fsp3) is 0.190. The Hall–Kier alpha value is -3.88. The van der Waals surface area contributed by atoms with Gasteiger partial charge < -0.3 is 20.1 Å². The van der Waals surface area contributed by atoms with E-state index in [1.807, 2.05) is 0 Å². The van der Waals surface area contributed by atoms with Crippen LogP contribution in [0.25, 0.3) is 6.08 Å². The highest BCUT2D eigenvalue weighted by molar-refractivity contribution is 6.14. The highest BCUT2D eigenvalue weighted by Crippen LogP contribution is 2.33. The number of carbonyl (C=O) groups is 3. The topological polar surface area (TPSA) is 97.0 Å². The summed E-state index contributed by atoms with van der Waals surface area (Å²) in [7, 11) is 1.44. The minimum absolute atomic E-state index is 0.0933. The van der Waals surface area contributed by atoms with Crippen molar-refractivity contribution in [3.8, 4) is 11.5 Å². The zero-order valence-corrected chi connectivity index (χ0v) is 16.4. The molecule has 156 valence electrons. The van der Waals surface area contributed by atoms with Gasteiger partial charge in [-0.2, -0.15) is 0 Å². The Bertz CT molecular complexity index is 1000. The molecule has 1 aliphatic heterocycles. The number of ether oxygens (including phenoxy) is 2. The number of nitrogens with one attached hydrogen (secondary N) is 2. The van der Waals surface area contributed by atoms with Crippen LogP contribution >= 0.6 is 0 Å². The average Bonchev–Trinajstić information content (AvgIpc) is 3.00. The van der Waals surface area contributed by atoms with E-state index in [4.69, 9.17) is 9.47 Å². The molecule has 0 spiro atoms. The van der Waals surface area contributed by atoms with Gasteiger partial charge >= 0.3 is 6.03 Å². The molecule has 4 amide bonds. The zero-order chi connectivity index (χ0) is 21.7. The number of para-hydroxylation sites is 1. The SMILES string of the molecule is CCN1C(=O)N/C(=C/c2cccc(OC)c2OCC(=O)Nc2ccc(F)cc2)C1=O. The van der Waals surface area contributed by atoms with Crippen LogP contribution in [0, 0.1) is 5.82 Å². The lowest BCUT2D eigenvalue weighted by molar-refractivity contribution is -0.122. The second kappa shape index (κ2) is 9.08. The lowest BCUT2D eigenvalue weighted by Crippen LogP contribution is -2.30. The van der Waals surface area contributed by atoms with E-state index < -0.39 is 23.7 Å². The number of rotatable bonds is 7. The predicted octanol–water partition coefficient (Wildman–Crippen LogP) is 2.76. The van der Waals surface area contributed by atoms with E-state index in [1.165, 1.54) is 37.5 Å². The number of hydrogen-bond acceptors (Lipinski definition) is 5. The van der Waals surface area contributed by atoms with Crippen molar-refractivity contribution in [3.05, 3.63) is 59.5 Å². The van der Waals surface area contributed by atoms with E-state index in [0.717, 1.165) is 4.90 Å². The minimum atomic E-state index is -0.502. The molecule has 2 aromatic rings. The molecule has 0 aromatic heterocycles. The van der Waals surface area contributed by atoms with Gasteiger partial charge in [0.15, 0.2) is 18.1 Å². The standard InChI is InChI=1S/C21H20FN3O5/c1-3-25-20(27)16(24-21(25)28)11-13-5-4-6-17(29-2)19(13)30-12-18(26)23-15-9-7-14(22)8-10-15/h4-11H,3,12H2,1-2H3,(H,23,26)(H,24,28)/b16-11+. The molecule has 2 aromatic carbocycles. The van der Waals surface area contributed by atoms with Gasteiger partial charge in [-0.3, -0.25) is 14.5 Å². The summed E-state index contributed by atoms with van der Waals surface area (Å²) in [6.07, 6.45) is 1.46. The Labute approximate surface area is 172 Å². The maximum absolute atomic E-state index is 13.0. The first-order valence-electron chi connectivity index (χ1n) is 9.12. The smallest absolute Gasteiger partial charge is 0.328 e. The molecule has 0 saturated carbocycles. The van der Waals surface area contributed by atoms with Crippen LogP contribution in [0.15, 0.2) is 48.2 Å². The van der Waals surface area contributed by atoms with Crippen LogP contribution in [0.1, 0.15) is 12.5 Å². The molecule has 0 aliphatic carbocycles. The largest absolute Gasteiger partial charge is 0.493 e.